The van der Waals surface area contributed by atoms with Crippen molar-refractivity contribution in [2.24, 2.45) is 5.92 Å². The molecule has 0 bridgehead atoms. The first-order valence-corrected chi connectivity index (χ1v) is 8.54. The molecule has 0 aromatic heterocycles. The predicted octanol–water partition coefficient (Wildman–Crippen LogP) is 2.80. The smallest absolute Gasteiger partial charge is 0.235 e. The fourth-order valence-corrected chi connectivity index (χ4v) is 3.73. The molecule has 1 fully saturated rings. The van der Waals surface area contributed by atoms with Crippen LogP contribution in [-0.4, -0.2) is 29.9 Å². The molecule has 0 heterocycles. The van der Waals surface area contributed by atoms with Crippen LogP contribution in [-0.2, 0) is 11.2 Å². The van der Waals surface area contributed by atoms with Crippen molar-refractivity contribution in [1.82, 2.24) is 10.2 Å². The van der Waals surface area contributed by atoms with Gasteiger partial charge in [0.2, 0.25) is 5.91 Å². The van der Waals surface area contributed by atoms with E-state index >= 15 is 0 Å². The topological polar surface area (TPSA) is 56.1 Å². The number of benzene rings is 1. The average Bonchev–Trinajstić information content (AvgIpc) is 3.39. The van der Waals surface area contributed by atoms with Crippen molar-refractivity contribution in [2.75, 3.05) is 13.6 Å². The Labute approximate surface area is 138 Å². The number of fused-ring (bicyclic) bond motifs is 1. The molecule has 0 unspecified atom stereocenters. The second-order valence-corrected chi connectivity index (χ2v) is 7.16. The van der Waals surface area contributed by atoms with Gasteiger partial charge in [-0.2, -0.15) is 5.26 Å². The summed E-state index contributed by atoms with van der Waals surface area (Å²) >= 11 is 0. The molecule has 1 saturated carbocycles. The van der Waals surface area contributed by atoms with Crippen LogP contribution >= 0.6 is 0 Å². The maximum absolute atomic E-state index is 12.4. The zero-order valence-electron chi connectivity index (χ0n) is 14.0. The molecule has 1 aromatic carbocycles. The zero-order chi connectivity index (χ0) is 16.4. The SMILES string of the molecule is CN(CC(=O)N[C@](C)(C#N)C1CC1)[C@@H]1CCCc2ccccc21. The fourth-order valence-electron chi connectivity index (χ4n) is 3.73. The molecule has 2 aliphatic carbocycles. The van der Waals surface area contributed by atoms with Crippen molar-refractivity contribution in [2.45, 2.75) is 50.6 Å². The van der Waals surface area contributed by atoms with Crippen LogP contribution in [0, 0.1) is 17.2 Å². The van der Waals surface area contributed by atoms with Crippen molar-refractivity contribution in [3.8, 4) is 6.07 Å². The second-order valence-electron chi connectivity index (χ2n) is 7.16. The number of hydrogen-bond acceptors (Lipinski definition) is 3. The van der Waals surface area contributed by atoms with Gasteiger partial charge in [0, 0.05) is 6.04 Å². The van der Waals surface area contributed by atoms with Crippen LogP contribution in [0.1, 0.15) is 49.8 Å². The average molecular weight is 311 g/mol. The number of nitrogens with zero attached hydrogens (tertiary/aromatic N) is 2. The predicted molar refractivity (Wildman–Crippen MR) is 89.6 cm³/mol. The minimum atomic E-state index is -0.706. The number of nitriles is 1. The molecule has 0 spiro atoms. The van der Waals surface area contributed by atoms with E-state index in [1.165, 1.54) is 11.1 Å². The van der Waals surface area contributed by atoms with Gasteiger partial charge in [-0.3, -0.25) is 9.69 Å². The standard InChI is InChI=1S/C19H25N3O/c1-19(13-20,15-10-11-15)21-18(23)12-22(2)17-9-5-7-14-6-3-4-8-16(14)17/h3-4,6,8,15,17H,5,7,9-12H2,1-2H3,(H,21,23)/t17-,19-/m1/s1. The van der Waals surface area contributed by atoms with Crippen LogP contribution in [0.25, 0.3) is 0 Å². The first-order chi connectivity index (χ1) is 11.0. The van der Waals surface area contributed by atoms with Crippen molar-refractivity contribution < 1.29 is 4.79 Å². The fraction of sp³-hybridized carbons (Fsp3) is 0.579. The zero-order valence-corrected chi connectivity index (χ0v) is 14.0. The number of hydrogen-bond donors (Lipinski definition) is 1. The van der Waals surface area contributed by atoms with Gasteiger partial charge in [-0.15, -0.1) is 0 Å². The van der Waals surface area contributed by atoms with Gasteiger partial charge in [0.1, 0.15) is 5.54 Å². The summed E-state index contributed by atoms with van der Waals surface area (Å²) in [6.45, 7) is 2.18. The molecule has 0 radical (unpaired) electrons. The van der Waals surface area contributed by atoms with Crippen LogP contribution in [0.3, 0.4) is 0 Å². The summed E-state index contributed by atoms with van der Waals surface area (Å²) in [7, 11) is 2.01. The summed E-state index contributed by atoms with van der Waals surface area (Å²) in [5.41, 5.74) is 2.04. The Morgan fingerprint density at radius 1 is 1.39 bits per heavy atom. The van der Waals surface area contributed by atoms with Gasteiger partial charge in [-0.1, -0.05) is 24.3 Å². The lowest BCUT2D eigenvalue weighted by molar-refractivity contribution is -0.124. The normalized spacial score (nSPS) is 22.8. The van der Waals surface area contributed by atoms with E-state index in [1.54, 1.807) is 0 Å². The highest BCUT2D eigenvalue weighted by molar-refractivity contribution is 5.79. The minimum absolute atomic E-state index is 0.0495. The number of amides is 1. The van der Waals surface area contributed by atoms with Crippen LogP contribution in [0.4, 0.5) is 0 Å². The molecule has 0 aliphatic heterocycles. The van der Waals surface area contributed by atoms with Crippen LogP contribution < -0.4 is 5.32 Å². The van der Waals surface area contributed by atoms with E-state index in [0.717, 1.165) is 32.1 Å². The number of rotatable bonds is 5. The molecule has 4 heteroatoms. The summed E-state index contributed by atoms with van der Waals surface area (Å²) in [6, 6.07) is 11.1. The quantitative estimate of drug-likeness (QED) is 0.909. The molecule has 1 N–H and O–H groups in total. The van der Waals surface area contributed by atoms with E-state index in [0.29, 0.717) is 18.5 Å². The Balaban J connectivity index is 1.64. The molecule has 23 heavy (non-hydrogen) atoms. The van der Waals surface area contributed by atoms with E-state index in [4.69, 9.17) is 0 Å². The first-order valence-electron chi connectivity index (χ1n) is 8.54. The van der Waals surface area contributed by atoms with E-state index in [-0.39, 0.29) is 5.91 Å². The van der Waals surface area contributed by atoms with Gasteiger partial charge in [0.25, 0.3) is 0 Å². The second kappa shape index (κ2) is 6.33. The summed E-state index contributed by atoms with van der Waals surface area (Å²) < 4.78 is 0. The molecule has 0 saturated heterocycles. The number of carbonyl (C=O) groups is 1. The molecule has 2 atom stereocenters. The molecular formula is C19H25N3O. The van der Waals surface area contributed by atoms with Crippen molar-refractivity contribution in [3.63, 3.8) is 0 Å². The van der Waals surface area contributed by atoms with Gasteiger partial charge in [0.15, 0.2) is 0 Å². The largest absolute Gasteiger partial charge is 0.337 e. The van der Waals surface area contributed by atoms with Crippen molar-refractivity contribution in [3.05, 3.63) is 35.4 Å². The minimum Gasteiger partial charge on any atom is -0.337 e. The Hall–Kier alpha value is -1.86. The highest BCUT2D eigenvalue weighted by Crippen LogP contribution is 2.39. The molecule has 4 nitrogen and oxygen atoms in total. The van der Waals surface area contributed by atoms with Crippen molar-refractivity contribution in [1.29, 1.82) is 5.26 Å². The van der Waals surface area contributed by atoms with Crippen LogP contribution in [0.5, 0.6) is 0 Å². The van der Waals surface area contributed by atoms with Gasteiger partial charge in [-0.05, 0) is 63.1 Å². The van der Waals surface area contributed by atoms with Crippen LogP contribution in [0.15, 0.2) is 24.3 Å². The third-order valence-electron chi connectivity index (χ3n) is 5.29. The van der Waals surface area contributed by atoms with Crippen molar-refractivity contribution >= 4 is 5.91 Å². The lowest BCUT2D eigenvalue weighted by atomic mass is 9.87. The van der Waals surface area contributed by atoms with E-state index in [9.17, 15) is 10.1 Å². The summed E-state index contributed by atoms with van der Waals surface area (Å²) in [5.74, 6) is 0.267. The number of likely N-dealkylation sites (N-methyl/N-ethyl adjacent to an activating group) is 1. The molecule has 1 amide bonds. The number of carbonyl (C=O) groups excluding carboxylic acids is 1. The Bertz CT molecular complexity index is 632. The highest BCUT2D eigenvalue weighted by Gasteiger charge is 2.43. The molecule has 3 rings (SSSR count). The summed E-state index contributed by atoms with van der Waals surface area (Å²) in [5, 5.41) is 12.3. The Morgan fingerprint density at radius 2 is 2.13 bits per heavy atom. The summed E-state index contributed by atoms with van der Waals surface area (Å²) in [4.78, 5) is 14.5. The van der Waals surface area contributed by atoms with Gasteiger partial charge in [0.05, 0.1) is 12.6 Å². The third-order valence-corrected chi connectivity index (χ3v) is 5.29. The molecule has 122 valence electrons. The van der Waals surface area contributed by atoms with Gasteiger partial charge >= 0.3 is 0 Å². The Kier molecular flexibility index (Phi) is 4.41. The molecular weight excluding hydrogens is 286 g/mol. The summed E-state index contributed by atoms with van der Waals surface area (Å²) in [6.07, 6.45) is 5.44. The Morgan fingerprint density at radius 3 is 2.83 bits per heavy atom. The maximum atomic E-state index is 12.4. The highest BCUT2D eigenvalue weighted by atomic mass is 16.2. The van der Waals surface area contributed by atoms with E-state index in [2.05, 4.69) is 40.6 Å². The van der Waals surface area contributed by atoms with Gasteiger partial charge in [-0.25, -0.2) is 0 Å². The number of nitrogens with one attached hydrogen (secondary N) is 1. The van der Waals surface area contributed by atoms with E-state index in [1.807, 2.05) is 14.0 Å². The van der Waals surface area contributed by atoms with Gasteiger partial charge < -0.3 is 5.32 Å². The van der Waals surface area contributed by atoms with E-state index < -0.39 is 5.54 Å². The maximum Gasteiger partial charge on any atom is 0.235 e. The third kappa shape index (κ3) is 3.40. The molecule has 1 aromatic rings. The first kappa shape index (κ1) is 16.0. The van der Waals surface area contributed by atoms with Crippen LogP contribution in [0.2, 0.25) is 0 Å². The molecule has 2 aliphatic rings. The lowest BCUT2D eigenvalue weighted by Crippen LogP contribution is -2.50. The lowest BCUT2D eigenvalue weighted by Gasteiger charge is -2.33. The number of aryl methyl sites for hydroxylation is 1. The monoisotopic (exact) mass is 311 g/mol.